The zero-order chi connectivity index (χ0) is 14.9. The Morgan fingerprint density at radius 3 is 2.50 bits per heavy atom. The van der Waals surface area contributed by atoms with E-state index in [2.05, 4.69) is 73.7 Å². The van der Waals surface area contributed by atoms with Crippen molar-refractivity contribution in [2.75, 3.05) is 0 Å². The van der Waals surface area contributed by atoms with Crippen molar-refractivity contribution in [2.24, 2.45) is 0 Å². The molecule has 0 unspecified atom stereocenters. The molecule has 0 nitrogen and oxygen atoms in total. The summed E-state index contributed by atoms with van der Waals surface area (Å²) in [6.07, 6.45) is 3.34. The zero-order valence-corrected chi connectivity index (χ0v) is 13.0. The van der Waals surface area contributed by atoms with Crippen LogP contribution in [0.5, 0.6) is 0 Å². The van der Waals surface area contributed by atoms with Gasteiger partial charge >= 0.3 is 0 Å². The van der Waals surface area contributed by atoms with Crippen molar-refractivity contribution in [1.29, 1.82) is 0 Å². The van der Waals surface area contributed by atoms with Crippen LogP contribution < -0.4 is 0 Å². The third kappa shape index (κ3) is 2.35. The van der Waals surface area contributed by atoms with Crippen molar-refractivity contribution in [1.82, 2.24) is 0 Å². The molecule has 0 radical (unpaired) electrons. The molecule has 22 heavy (non-hydrogen) atoms. The Labute approximate surface area is 132 Å². The average Bonchev–Trinajstić information content (AvgIpc) is 2.92. The summed E-state index contributed by atoms with van der Waals surface area (Å²) in [5.74, 6) is 0. The Morgan fingerprint density at radius 1 is 0.773 bits per heavy atom. The Hall–Kier alpha value is -2.34. The van der Waals surface area contributed by atoms with E-state index in [1.165, 1.54) is 38.9 Å². The van der Waals surface area contributed by atoms with Gasteiger partial charge in [-0.1, -0.05) is 72.3 Å². The molecule has 0 fully saturated rings. The molecule has 0 N–H and O–H groups in total. The van der Waals surface area contributed by atoms with Gasteiger partial charge in [-0.25, -0.2) is 0 Å². The fourth-order valence-electron chi connectivity index (χ4n) is 3.60. The molecule has 0 aromatic heterocycles. The van der Waals surface area contributed by atoms with Crippen LogP contribution in [0.1, 0.15) is 27.8 Å². The SMILES string of the molecule is Cc1cccc(CCc2cccc3c2Cc2ccccc2-3)c1. The molecule has 1 aliphatic carbocycles. The summed E-state index contributed by atoms with van der Waals surface area (Å²) in [4.78, 5) is 0. The van der Waals surface area contributed by atoms with Crippen molar-refractivity contribution >= 4 is 0 Å². The van der Waals surface area contributed by atoms with E-state index >= 15 is 0 Å². The first-order valence-corrected chi connectivity index (χ1v) is 8.06. The van der Waals surface area contributed by atoms with E-state index in [1.54, 1.807) is 0 Å². The fourth-order valence-corrected chi connectivity index (χ4v) is 3.60. The summed E-state index contributed by atoms with van der Waals surface area (Å²) in [6.45, 7) is 2.17. The number of hydrogen-bond donors (Lipinski definition) is 0. The van der Waals surface area contributed by atoms with E-state index in [0.717, 1.165) is 19.3 Å². The van der Waals surface area contributed by atoms with Crippen LogP contribution in [0.2, 0.25) is 0 Å². The summed E-state index contributed by atoms with van der Waals surface area (Å²) in [6, 6.07) is 24.5. The predicted molar refractivity (Wildman–Crippen MR) is 93.3 cm³/mol. The lowest BCUT2D eigenvalue weighted by Gasteiger charge is -2.09. The predicted octanol–water partition coefficient (Wildman–Crippen LogP) is 5.35. The molecule has 0 amide bonds. The minimum Gasteiger partial charge on any atom is -0.0619 e. The van der Waals surface area contributed by atoms with Crippen LogP contribution in [-0.4, -0.2) is 0 Å². The van der Waals surface area contributed by atoms with Crippen molar-refractivity contribution in [3.05, 3.63) is 94.5 Å². The number of rotatable bonds is 3. The van der Waals surface area contributed by atoms with E-state index in [9.17, 15) is 0 Å². The van der Waals surface area contributed by atoms with Crippen molar-refractivity contribution < 1.29 is 0 Å². The molecule has 0 heterocycles. The van der Waals surface area contributed by atoms with Gasteiger partial charge in [-0.3, -0.25) is 0 Å². The normalized spacial score (nSPS) is 12.0. The molecular weight excluding hydrogens is 264 g/mol. The van der Waals surface area contributed by atoms with Gasteiger partial charge in [0.15, 0.2) is 0 Å². The third-order valence-corrected chi connectivity index (χ3v) is 4.71. The van der Waals surface area contributed by atoms with Gasteiger partial charge in [0, 0.05) is 0 Å². The minimum absolute atomic E-state index is 1.09. The van der Waals surface area contributed by atoms with E-state index in [0.29, 0.717) is 0 Å². The summed E-state index contributed by atoms with van der Waals surface area (Å²) in [5, 5.41) is 0. The van der Waals surface area contributed by atoms with Crippen LogP contribution in [0.15, 0.2) is 66.7 Å². The lowest BCUT2D eigenvalue weighted by atomic mass is 9.96. The third-order valence-electron chi connectivity index (χ3n) is 4.71. The van der Waals surface area contributed by atoms with Gasteiger partial charge in [-0.05, 0) is 59.6 Å². The van der Waals surface area contributed by atoms with Gasteiger partial charge in [0.25, 0.3) is 0 Å². The first-order valence-electron chi connectivity index (χ1n) is 8.06. The summed E-state index contributed by atoms with van der Waals surface area (Å²) >= 11 is 0. The summed E-state index contributed by atoms with van der Waals surface area (Å²) in [7, 11) is 0. The van der Waals surface area contributed by atoms with E-state index < -0.39 is 0 Å². The average molecular weight is 284 g/mol. The molecule has 0 heteroatoms. The zero-order valence-electron chi connectivity index (χ0n) is 13.0. The van der Waals surface area contributed by atoms with E-state index in [4.69, 9.17) is 0 Å². The quantitative estimate of drug-likeness (QED) is 0.475. The second kappa shape index (κ2) is 5.46. The highest BCUT2D eigenvalue weighted by Crippen LogP contribution is 2.38. The van der Waals surface area contributed by atoms with Gasteiger partial charge in [-0.15, -0.1) is 0 Å². The van der Waals surface area contributed by atoms with Crippen LogP contribution in [-0.2, 0) is 19.3 Å². The van der Waals surface area contributed by atoms with Crippen LogP contribution in [0.25, 0.3) is 11.1 Å². The number of aryl methyl sites for hydroxylation is 3. The van der Waals surface area contributed by atoms with Gasteiger partial charge in [0.1, 0.15) is 0 Å². The maximum absolute atomic E-state index is 2.31. The molecular formula is C22H20. The Morgan fingerprint density at radius 2 is 1.59 bits per heavy atom. The highest BCUT2D eigenvalue weighted by atomic mass is 14.2. The summed E-state index contributed by atoms with van der Waals surface area (Å²) in [5.41, 5.74) is 10.2. The molecule has 0 bridgehead atoms. The number of hydrogen-bond acceptors (Lipinski definition) is 0. The van der Waals surface area contributed by atoms with Crippen LogP contribution in [0, 0.1) is 6.92 Å². The molecule has 1 aliphatic rings. The Kier molecular flexibility index (Phi) is 3.31. The molecule has 108 valence electrons. The highest BCUT2D eigenvalue weighted by molar-refractivity contribution is 5.77. The van der Waals surface area contributed by atoms with Crippen LogP contribution >= 0.6 is 0 Å². The van der Waals surface area contributed by atoms with Crippen LogP contribution in [0.4, 0.5) is 0 Å². The molecule has 0 aliphatic heterocycles. The molecule has 0 saturated carbocycles. The second-order valence-electron chi connectivity index (χ2n) is 6.27. The topological polar surface area (TPSA) is 0 Å². The number of fused-ring (bicyclic) bond motifs is 3. The van der Waals surface area contributed by atoms with Crippen LogP contribution in [0.3, 0.4) is 0 Å². The Bertz CT molecular complexity index is 827. The van der Waals surface area contributed by atoms with E-state index in [1.807, 2.05) is 0 Å². The maximum Gasteiger partial charge on any atom is -0.00107 e. The van der Waals surface area contributed by atoms with Crippen molar-refractivity contribution in [2.45, 2.75) is 26.2 Å². The van der Waals surface area contributed by atoms with Gasteiger partial charge < -0.3 is 0 Å². The first-order chi connectivity index (χ1) is 10.8. The largest absolute Gasteiger partial charge is 0.0619 e. The van der Waals surface area contributed by atoms with Gasteiger partial charge in [0.05, 0.1) is 0 Å². The molecule has 4 rings (SSSR count). The Balaban J connectivity index is 1.62. The standard InChI is InChI=1S/C22H20/c1-16-6-4-7-17(14-16)12-13-18-9-5-11-21-20-10-3-2-8-19(20)15-22(18)21/h2-11,14H,12-13,15H2,1H3. The lowest BCUT2D eigenvalue weighted by Crippen LogP contribution is -1.96. The lowest BCUT2D eigenvalue weighted by molar-refractivity contribution is 0.941. The van der Waals surface area contributed by atoms with Crippen molar-refractivity contribution in [3.8, 4) is 11.1 Å². The fraction of sp³-hybridized carbons (Fsp3) is 0.182. The second-order valence-corrected chi connectivity index (χ2v) is 6.27. The van der Waals surface area contributed by atoms with Gasteiger partial charge in [-0.2, -0.15) is 0 Å². The summed E-state index contributed by atoms with van der Waals surface area (Å²) < 4.78 is 0. The molecule has 0 saturated heterocycles. The smallest absolute Gasteiger partial charge is 0.00107 e. The molecule has 0 spiro atoms. The van der Waals surface area contributed by atoms with Gasteiger partial charge in [0.2, 0.25) is 0 Å². The first kappa shape index (κ1) is 13.3. The maximum atomic E-state index is 2.31. The molecule has 3 aromatic rings. The van der Waals surface area contributed by atoms with Crippen molar-refractivity contribution in [3.63, 3.8) is 0 Å². The van der Waals surface area contributed by atoms with E-state index in [-0.39, 0.29) is 0 Å². The minimum atomic E-state index is 1.09. The molecule has 0 atom stereocenters. The molecule has 3 aromatic carbocycles. The monoisotopic (exact) mass is 284 g/mol. The highest BCUT2D eigenvalue weighted by Gasteiger charge is 2.19. The number of benzene rings is 3.